The maximum atomic E-state index is 12.4. The van der Waals surface area contributed by atoms with Crippen LogP contribution in [0.25, 0.3) is 0 Å². The first-order valence-corrected chi connectivity index (χ1v) is 9.68. The van der Waals surface area contributed by atoms with Crippen molar-refractivity contribution >= 4 is 32.2 Å². The number of sulfone groups is 1. The number of nitrogen functional groups attached to an aromatic ring is 1. The van der Waals surface area contributed by atoms with E-state index < -0.39 is 9.84 Å². The summed E-state index contributed by atoms with van der Waals surface area (Å²) in [5.41, 5.74) is 5.83. The fourth-order valence-corrected chi connectivity index (χ4v) is 6.33. The van der Waals surface area contributed by atoms with Crippen LogP contribution in [0.3, 0.4) is 0 Å². The molecule has 5 nitrogen and oxygen atoms in total. The SMILES string of the molecule is CCCS(=O)(=O)c1c(N)nsc1N1CC2CCCC2C1. The molecule has 0 spiro atoms. The first kappa shape index (κ1) is 14.1. The molecule has 1 aromatic heterocycles. The van der Waals surface area contributed by atoms with Gasteiger partial charge in [0, 0.05) is 13.1 Å². The summed E-state index contributed by atoms with van der Waals surface area (Å²) in [5.74, 6) is 1.76. The lowest BCUT2D eigenvalue weighted by Crippen LogP contribution is -2.22. The van der Waals surface area contributed by atoms with Gasteiger partial charge >= 0.3 is 0 Å². The zero-order valence-electron chi connectivity index (χ0n) is 11.7. The van der Waals surface area contributed by atoms with Crippen LogP contribution in [0.2, 0.25) is 0 Å². The summed E-state index contributed by atoms with van der Waals surface area (Å²) < 4.78 is 28.9. The zero-order chi connectivity index (χ0) is 14.3. The van der Waals surface area contributed by atoms with Crippen LogP contribution >= 0.6 is 11.5 Å². The van der Waals surface area contributed by atoms with Gasteiger partial charge in [0.1, 0.15) is 9.90 Å². The third-order valence-electron chi connectivity index (χ3n) is 4.45. The minimum absolute atomic E-state index is 0.142. The highest BCUT2D eigenvalue weighted by Gasteiger charge is 2.39. The second-order valence-corrected chi connectivity index (χ2v) is 8.67. The van der Waals surface area contributed by atoms with Crippen LogP contribution in [0.5, 0.6) is 0 Å². The van der Waals surface area contributed by atoms with E-state index in [1.165, 1.54) is 30.8 Å². The summed E-state index contributed by atoms with van der Waals surface area (Å²) in [6, 6.07) is 0. The molecule has 3 rings (SSSR count). The van der Waals surface area contributed by atoms with Crippen LogP contribution in [0.15, 0.2) is 4.90 Å². The molecule has 0 bridgehead atoms. The molecular weight excluding hydrogens is 294 g/mol. The molecule has 2 heterocycles. The normalized spacial score (nSPS) is 26.1. The van der Waals surface area contributed by atoms with Crippen molar-refractivity contribution in [3.05, 3.63) is 0 Å². The molecule has 1 aliphatic heterocycles. The Morgan fingerprint density at radius 1 is 1.35 bits per heavy atom. The molecule has 1 saturated carbocycles. The molecule has 2 N–H and O–H groups in total. The first-order valence-electron chi connectivity index (χ1n) is 7.25. The Labute approximate surface area is 124 Å². The third kappa shape index (κ3) is 2.30. The summed E-state index contributed by atoms with van der Waals surface area (Å²) in [6.45, 7) is 3.79. The number of hydrogen-bond donors (Lipinski definition) is 1. The molecule has 1 saturated heterocycles. The van der Waals surface area contributed by atoms with Crippen LogP contribution in [0.4, 0.5) is 10.8 Å². The standard InChI is InChI=1S/C13H21N3O2S2/c1-2-6-20(17,18)11-12(14)15-19-13(11)16-7-9-4-3-5-10(9)8-16/h9-10H,2-8H2,1H3,(H2,14,15). The maximum absolute atomic E-state index is 12.4. The molecule has 112 valence electrons. The summed E-state index contributed by atoms with van der Waals surface area (Å²) in [5, 5.41) is 0.769. The Kier molecular flexibility index (Phi) is 3.66. The van der Waals surface area contributed by atoms with Gasteiger partial charge in [0.2, 0.25) is 0 Å². The Morgan fingerprint density at radius 3 is 2.60 bits per heavy atom. The monoisotopic (exact) mass is 315 g/mol. The smallest absolute Gasteiger partial charge is 0.185 e. The Morgan fingerprint density at radius 2 is 2.00 bits per heavy atom. The quantitative estimate of drug-likeness (QED) is 0.921. The zero-order valence-corrected chi connectivity index (χ0v) is 13.3. The lowest BCUT2D eigenvalue weighted by molar-refractivity contribution is 0.494. The van der Waals surface area contributed by atoms with Gasteiger partial charge in [-0.25, -0.2) is 8.42 Å². The fourth-order valence-electron chi connectivity index (χ4n) is 3.55. The van der Waals surface area contributed by atoms with Crippen molar-refractivity contribution in [2.45, 2.75) is 37.5 Å². The molecular formula is C13H21N3O2S2. The van der Waals surface area contributed by atoms with Crippen LogP contribution in [0, 0.1) is 11.8 Å². The molecule has 1 aromatic rings. The average Bonchev–Trinajstić information content (AvgIpc) is 3.00. The summed E-state index contributed by atoms with van der Waals surface area (Å²) in [6.07, 6.45) is 4.45. The van der Waals surface area contributed by atoms with Gasteiger partial charge in [-0.15, -0.1) is 0 Å². The van der Waals surface area contributed by atoms with E-state index >= 15 is 0 Å². The van der Waals surface area contributed by atoms with Crippen molar-refractivity contribution in [3.63, 3.8) is 0 Å². The molecule has 2 atom stereocenters. The maximum Gasteiger partial charge on any atom is 0.185 e. The minimum atomic E-state index is -3.31. The molecule has 2 unspecified atom stereocenters. The van der Waals surface area contributed by atoms with Gasteiger partial charge in [0.05, 0.1) is 5.75 Å². The first-order chi connectivity index (χ1) is 9.53. The molecule has 20 heavy (non-hydrogen) atoms. The van der Waals surface area contributed by atoms with Gasteiger partial charge < -0.3 is 10.6 Å². The largest absolute Gasteiger partial charge is 0.382 e. The topological polar surface area (TPSA) is 76.3 Å². The minimum Gasteiger partial charge on any atom is -0.382 e. The van der Waals surface area contributed by atoms with Crippen molar-refractivity contribution in [3.8, 4) is 0 Å². The van der Waals surface area contributed by atoms with Crippen LogP contribution in [-0.2, 0) is 9.84 Å². The second-order valence-electron chi connectivity index (χ2n) is 5.88. The number of aromatic nitrogens is 1. The Balaban J connectivity index is 1.92. The second kappa shape index (κ2) is 5.18. The number of hydrogen-bond acceptors (Lipinski definition) is 6. The fraction of sp³-hybridized carbons (Fsp3) is 0.769. The van der Waals surface area contributed by atoms with Gasteiger partial charge in [-0.1, -0.05) is 13.3 Å². The molecule has 2 fully saturated rings. The van der Waals surface area contributed by atoms with Gasteiger partial charge in [-0.3, -0.25) is 0 Å². The number of anilines is 2. The van der Waals surface area contributed by atoms with E-state index in [9.17, 15) is 8.42 Å². The lowest BCUT2D eigenvalue weighted by atomic mass is 10.0. The summed E-state index contributed by atoms with van der Waals surface area (Å²) >= 11 is 1.24. The third-order valence-corrected chi connectivity index (χ3v) is 7.48. The highest BCUT2D eigenvalue weighted by atomic mass is 32.2. The predicted molar refractivity (Wildman–Crippen MR) is 81.9 cm³/mol. The molecule has 0 radical (unpaired) electrons. The molecule has 2 aliphatic rings. The van der Waals surface area contributed by atoms with Gasteiger partial charge in [0.15, 0.2) is 15.7 Å². The summed E-state index contributed by atoms with van der Waals surface area (Å²) in [7, 11) is -3.31. The van der Waals surface area contributed by atoms with E-state index in [0.29, 0.717) is 6.42 Å². The molecule has 1 aliphatic carbocycles. The van der Waals surface area contributed by atoms with Crippen molar-refractivity contribution in [1.82, 2.24) is 4.37 Å². The van der Waals surface area contributed by atoms with Crippen molar-refractivity contribution < 1.29 is 8.42 Å². The highest BCUT2D eigenvalue weighted by Crippen LogP contribution is 2.44. The van der Waals surface area contributed by atoms with Gasteiger partial charge in [-0.2, -0.15) is 4.37 Å². The number of fused-ring (bicyclic) bond motifs is 1. The van der Waals surface area contributed by atoms with Gasteiger partial charge in [0.25, 0.3) is 0 Å². The van der Waals surface area contributed by atoms with Crippen LogP contribution in [-0.4, -0.2) is 31.6 Å². The van der Waals surface area contributed by atoms with E-state index in [4.69, 9.17) is 5.73 Å². The Bertz CT molecular complexity index is 585. The average molecular weight is 315 g/mol. The van der Waals surface area contributed by atoms with Crippen molar-refractivity contribution in [1.29, 1.82) is 0 Å². The van der Waals surface area contributed by atoms with E-state index in [0.717, 1.165) is 29.9 Å². The van der Waals surface area contributed by atoms with E-state index in [1.807, 2.05) is 6.92 Å². The predicted octanol–water partition coefficient (Wildman–Crippen LogP) is 2.15. The van der Waals surface area contributed by atoms with E-state index in [2.05, 4.69) is 9.27 Å². The van der Waals surface area contributed by atoms with Crippen molar-refractivity contribution in [2.24, 2.45) is 11.8 Å². The number of nitrogens with two attached hydrogens (primary N) is 1. The van der Waals surface area contributed by atoms with Crippen molar-refractivity contribution in [2.75, 3.05) is 29.5 Å². The molecule has 7 heteroatoms. The summed E-state index contributed by atoms with van der Waals surface area (Å²) in [4.78, 5) is 2.48. The Hall–Kier alpha value is -0.820. The van der Waals surface area contributed by atoms with Crippen LogP contribution < -0.4 is 10.6 Å². The number of rotatable bonds is 4. The van der Waals surface area contributed by atoms with Crippen LogP contribution in [0.1, 0.15) is 32.6 Å². The lowest BCUT2D eigenvalue weighted by Gasteiger charge is -2.18. The van der Waals surface area contributed by atoms with E-state index in [1.54, 1.807) is 0 Å². The molecule has 0 amide bonds. The highest BCUT2D eigenvalue weighted by molar-refractivity contribution is 7.91. The van der Waals surface area contributed by atoms with Gasteiger partial charge in [-0.05, 0) is 42.6 Å². The van der Waals surface area contributed by atoms with E-state index in [-0.39, 0.29) is 16.5 Å². The number of nitrogens with zero attached hydrogens (tertiary/aromatic N) is 2. The molecule has 0 aromatic carbocycles.